The van der Waals surface area contributed by atoms with Crippen molar-refractivity contribution in [3.8, 4) is 11.8 Å². The molecule has 1 atom stereocenters. The maximum Gasteiger partial charge on any atom is 0.387 e. The summed E-state index contributed by atoms with van der Waals surface area (Å²) in [5, 5.41) is 17.2. The molecule has 0 aliphatic heterocycles. The zero-order valence-corrected chi connectivity index (χ0v) is 16.0. The number of thiophene rings is 1. The van der Waals surface area contributed by atoms with Crippen molar-refractivity contribution < 1.29 is 18.3 Å². The molecule has 0 aliphatic carbocycles. The van der Waals surface area contributed by atoms with Crippen LogP contribution >= 0.6 is 11.3 Å². The number of carbonyl (C=O) groups excluding carboxylic acids is 1. The molecule has 3 aromatic rings. The summed E-state index contributed by atoms with van der Waals surface area (Å²) >= 11 is 1.28. The summed E-state index contributed by atoms with van der Waals surface area (Å²) < 4.78 is 29.1. The number of nitriles is 1. The molecule has 0 saturated carbocycles. The van der Waals surface area contributed by atoms with Crippen molar-refractivity contribution in [2.24, 2.45) is 0 Å². The molecule has 3 rings (SSSR count). The number of carbonyl (C=O) groups is 1. The lowest BCUT2D eigenvalue weighted by Crippen LogP contribution is -2.31. The number of nitrogens with zero attached hydrogens (tertiary/aromatic N) is 1. The first kappa shape index (κ1) is 20.5. The summed E-state index contributed by atoms with van der Waals surface area (Å²) in [4.78, 5) is 12.3. The van der Waals surface area contributed by atoms with Crippen LogP contribution in [0.1, 0.15) is 22.7 Å². The van der Waals surface area contributed by atoms with E-state index in [-0.39, 0.29) is 24.2 Å². The van der Waals surface area contributed by atoms with Gasteiger partial charge in [-0.25, -0.2) is 0 Å². The van der Waals surface area contributed by atoms with Crippen molar-refractivity contribution in [2.75, 3.05) is 11.9 Å². The van der Waals surface area contributed by atoms with Crippen molar-refractivity contribution in [1.82, 2.24) is 5.32 Å². The lowest BCUT2D eigenvalue weighted by molar-refractivity contribution is -0.115. The molecule has 2 N–H and O–H groups in total. The fourth-order valence-corrected chi connectivity index (χ4v) is 3.53. The molecule has 5 nitrogen and oxygen atoms in total. The fraction of sp³-hybridized carbons (Fsp3) is 0.143. The van der Waals surface area contributed by atoms with Gasteiger partial charge in [0.05, 0.1) is 18.2 Å². The lowest BCUT2D eigenvalue weighted by atomic mass is 9.98. The molecular formula is C21H17F2N3O2S. The number of hydrogen-bond donors (Lipinski definition) is 2. The van der Waals surface area contributed by atoms with Crippen LogP contribution in [0.3, 0.4) is 0 Å². The van der Waals surface area contributed by atoms with Gasteiger partial charge < -0.3 is 10.1 Å². The number of nitrogens with one attached hydrogen (secondary N) is 2. The molecule has 0 bridgehead atoms. The number of alkyl halides is 2. The Bertz CT molecular complexity index is 985. The molecule has 8 heteroatoms. The van der Waals surface area contributed by atoms with E-state index in [0.29, 0.717) is 10.6 Å². The average Bonchev–Trinajstić information content (AvgIpc) is 3.16. The molecule has 2 aromatic carbocycles. The Balaban J connectivity index is 1.73. The standard InChI is InChI=1S/C21H17F2N3O2S/c22-21(23)28-17-8-6-15(7-9-17)19(14-4-2-1-3-5-14)25-13-18(27)26-20-16(12-24)10-11-29-20/h1-11,19,21,25H,13H2,(H,26,27)/t19-/m0/s1. The van der Waals surface area contributed by atoms with Crippen molar-refractivity contribution in [1.29, 1.82) is 5.26 Å². The summed E-state index contributed by atoms with van der Waals surface area (Å²) in [6.07, 6.45) is 0. The number of hydrogen-bond acceptors (Lipinski definition) is 5. The van der Waals surface area contributed by atoms with Gasteiger partial charge in [-0.3, -0.25) is 10.1 Å². The highest BCUT2D eigenvalue weighted by Crippen LogP contribution is 2.25. The number of halogens is 2. The minimum atomic E-state index is -2.89. The van der Waals surface area contributed by atoms with Gasteiger partial charge in [0, 0.05) is 0 Å². The first-order chi connectivity index (χ1) is 14.1. The predicted molar refractivity (Wildman–Crippen MR) is 107 cm³/mol. The van der Waals surface area contributed by atoms with Gasteiger partial charge in [-0.15, -0.1) is 11.3 Å². The van der Waals surface area contributed by atoms with Gasteiger partial charge >= 0.3 is 6.61 Å². The van der Waals surface area contributed by atoms with Gasteiger partial charge in [0.15, 0.2) is 0 Å². The van der Waals surface area contributed by atoms with Gasteiger partial charge in [-0.05, 0) is 34.7 Å². The first-order valence-electron chi connectivity index (χ1n) is 8.67. The van der Waals surface area contributed by atoms with Crippen LogP contribution in [0.5, 0.6) is 5.75 Å². The molecule has 0 radical (unpaired) electrons. The molecule has 1 heterocycles. The van der Waals surface area contributed by atoms with E-state index in [0.717, 1.165) is 11.1 Å². The third-order valence-electron chi connectivity index (χ3n) is 4.08. The topological polar surface area (TPSA) is 74.2 Å². The summed E-state index contributed by atoms with van der Waals surface area (Å²) in [6.45, 7) is -2.89. The van der Waals surface area contributed by atoms with Crippen molar-refractivity contribution in [2.45, 2.75) is 12.7 Å². The van der Waals surface area contributed by atoms with E-state index in [9.17, 15) is 13.6 Å². The molecule has 0 saturated heterocycles. The summed E-state index contributed by atoms with van der Waals surface area (Å²) in [6, 6.07) is 19.1. The van der Waals surface area contributed by atoms with E-state index >= 15 is 0 Å². The Labute approximate surface area is 170 Å². The highest BCUT2D eigenvalue weighted by Gasteiger charge is 2.16. The van der Waals surface area contributed by atoms with Crippen LogP contribution in [0.25, 0.3) is 0 Å². The zero-order valence-electron chi connectivity index (χ0n) is 15.1. The van der Waals surface area contributed by atoms with E-state index in [1.807, 2.05) is 36.4 Å². The van der Waals surface area contributed by atoms with Crippen LogP contribution in [0, 0.1) is 11.3 Å². The minimum Gasteiger partial charge on any atom is -0.435 e. The Hall–Kier alpha value is -3.28. The third-order valence-corrected chi connectivity index (χ3v) is 4.91. The first-order valence-corrected chi connectivity index (χ1v) is 9.55. The van der Waals surface area contributed by atoms with E-state index in [1.165, 1.54) is 23.5 Å². The largest absolute Gasteiger partial charge is 0.435 e. The number of ether oxygens (including phenoxy) is 1. The normalized spacial score (nSPS) is 11.7. The Morgan fingerprint density at radius 3 is 2.41 bits per heavy atom. The quantitative estimate of drug-likeness (QED) is 0.569. The van der Waals surface area contributed by atoms with E-state index in [2.05, 4.69) is 15.4 Å². The van der Waals surface area contributed by atoms with Crippen LogP contribution in [0.2, 0.25) is 0 Å². The van der Waals surface area contributed by atoms with Crippen molar-refractivity contribution in [3.05, 3.63) is 82.7 Å². The molecule has 29 heavy (non-hydrogen) atoms. The summed E-state index contributed by atoms with van der Waals surface area (Å²) in [7, 11) is 0. The molecule has 1 aromatic heterocycles. The zero-order chi connectivity index (χ0) is 20.6. The van der Waals surface area contributed by atoms with Gasteiger partial charge in [0.1, 0.15) is 16.8 Å². The summed E-state index contributed by atoms with van der Waals surface area (Å²) in [5.74, 6) is -0.224. The van der Waals surface area contributed by atoms with Gasteiger partial charge in [0.25, 0.3) is 0 Å². The molecular weight excluding hydrogens is 396 g/mol. The Morgan fingerprint density at radius 2 is 1.76 bits per heavy atom. The fourth-order valence-electron chi connectivity index (χ4n) is 2.78. The Kier molecular flexibility index (Phi) is 6.89. The van der Waals surface area contributed by atoms with Gasteiger partial charge in [-0.2, -0.15) is 14.0 Å². The number of anilines is 1. The van der Waals surface area contributed by atoms with E-state index in [4.69, 9.17) is 5.26 Å². The molecule has 148 valence electrons. The second-order valence-electron chi connectivity index (χ2n) is 6.00. The molecule has 0 spiro atoms. The van der Waals surface area contributed by atoms with Crippen LogP contribution in [-0.2, 0) is 4.79 Å². The Morgan fingerprint density at radius 1 is 1.07 bits per heavy atom. The van der Waals surface area contributed by atoms with E-state index < -0.39 is 6.61 Å². The van der Waals surface area contributed by atoms with Gasteiger partial charge in [0.2, 0.25) is 5.91 Å². The molecule has 1 amide bonds. The van der Waals surface area contributed by atoms with Crippen LogP contribution < -0.4 is 15.4 Å². The number of amides is 1. The minimum absolute atomic E-state index is 0.00237. The van der Waals surface area contributed by atoms with Crippen LogP contribution in [0.15, 0.2) is 66.0 Å². The molecule has 0 aliphatic rings. The SMILES string of the molecule is N#Cc1ccsc1NC(=O)CN[C@@H](c1ccccc1)c1ccc(OC(F)F)cc1. The van der Waals surface area contributed by atoms with Crippen molar-refractivity contribution in [3.63, 3.8) is 0 Å². The third kappa shape index (κ3) is 5.60. The number of benzene rings is 2. The van der Waals surface area contributed by atoms with Crippen LogP contribution in [-0.4, -0.2) is 19.1 Å². The van der Waals surface area contributed by atoms with Gasteiger partial charge in [-0.1, -0.05) is 42.5 Å². The smallest absolute Gasteiger partial charge is 0.387 e. The van der Waals surface area contributed by atoms with E-state index in [1.54, 1.807) is 23.6 Å². The monoisotopic (exact) mass is 413 g/mol. The maximum absolute atomic E-state index is 12.4. The molecule has 0 fully saturated rings. The van der Waals surface area contributed by atoms with Crippen molar-refractivity contribution >= 4 is 22.2 Å². The second-order valence-corrected chi connectivity index (χ2v) is 6.91. The second kappa shape index (κ2) is 9.78. The summed E-state index contributed by atoms with van der Waals surface area (Å²) in [5.41, 5.74) is 2.12. The number of rotatable bonds is 8. The maximum atomic E-state index is 12.4. The average molecular weight is 413 g/mol. The van der Waals surface area contributed by atoms with Crippen LogP contribution in [0.4, 0.5) is 13.8 Å². The molecule has 0 unspecified atom stereocenters. The highest BCUT2D eigenvalue weighted by molar-refractivity contribution is 7.14. The predicted octanol–water partition coefficient (Wildman–Crippen LogP) is 4.54. The lowest BCUT2D eigenvalue weighted by Gasteiger charge is -2.20. The highest BCUT2D eigenvalue weighted by atomic mass is 32.1.